The van der Waals surface area contributed by atoms with Crippen LogP contribution in [-0.4, -0.2) is 40.9 Å². The Kier molecular flexibility index (Phi) is 6.65. The number of nitrogens with one attached hydrogen (secondary N) is 1. The van der Waals surface area contributed by atoms with Gasteiger partial charge in [-0.15, -0.1) is 0 Å². The molecule has 0 aliphatic carbocycles. The first-order chi connectivity index (χ1) is 14.6. The van der Waals surface area contributed by atoms with Crippen LogP contribution in [0.5, 0.6) is 0 Å². The summed E-state index contributed by atoms with van der Waals surface area (Å²) in [5, 5.41) is 4.84. The first kappa shape index (κ1) is 20.8. The molecule has 156 valence electrons. The number of carbonyl (C=O) groups excluding carboxylic acids is 1. The highest BCUT2D eigenvalue weighted by atomic mass is 32.2. The molecule has 1 fully saturated rings. The van der Waals surface area contributed by atoms with E-state index in [1.807, 2.05) is 12.1 Å². The molecule has 1 aromatic heterocycles. The second-order valence-electron chi connectivity index (χ2n) is 7.65. The third-order valence-corrected chi connectivity index (χ3v) is 6.29. The summed E-state index contributed by atoms with van der Waals surface area (Å²) in [7, 11) is 0. The normalized spacial score (nSPS) is 16.1. The van der Waals surface area contributed by atoms with Gasteiger partial charge in [0, 0.05) is 24.1 Å². The summed E-state index contributed by atoms with van der Waals surface area (Å²) in [5.41, 5.74) is 4.29. The Hall–Kier alpha value is -2.44. The van der Waals surface area contributed by atoms with Gasteiger partial charge in [-0.05, 0) is 49.9 Å². The van der Waals surface area contributed by atoms with Crippen molar-refractivity contribution in [2.75, 3.05) is 18.9 Å². The van der Waals surface area contributed by atoms with Gasteiger partial charge in [-0.2, -0.15) is 0 Å². The summed E-state index contributed by atoms with van der Waals surface area (Å²) in [6, 6.07) is 14.5. The van der Waals surface area contributed by atoms with E-state index in [-0.39, 0.29) is 12.0 Å². The van der Waals surface area contributed by atoms with Crippen LogP contribution in [0.3, 0.4) is 0 Å². The van der Waals surface area contributed by atoms with E-state index >= 15 is 0 Å². The van der Waals surface area contributed by atoms with Crippen LogP contribution in [0.1, 0.15) is 30.9 Å². The fraction of sp³-hybridized carbons (Fsp3) is 0.375. The van der Waals surface area contributed by atoms with Crippen LogP contribution >= 0.6 is 11.8 Å². The molecule has 6 heteroatoms. The zero-order valence-electron chi connectivity index (χ0n) is 17.5. The average molecular weight is 422 g/mol. The van der Waals surface area contributed by atoms with Gasteiger partial charge < -0.3 is 10.1 Å². The van der Waals surface area contributed by atoms with E-state index in [1.165, 1.54) is 22.9 Å². The number of carbonyl (C=O) groups is 1. The lowest BCUT2D eigenvalue weighted by molar-refractivity contribution is -0.119. The summed E-state index contributed by atoms with van der Waals surface area (Å²) in [4.78, 5) is 22.0. The van der Waals surface area contributed by atoms with Crippen LogP contribution in [0.2, 0.25) is 0 Å². The van der Waals surface area contributed by atoms with Crippen LogP contribution in [0, 0.1) is 6.92 Å². The Morgan fingerprint density at radius 1 is 1.23 bits per heavy atom. The molecule has 0 unspecified atom stereocenters. The molecule has 1 aliphatic rings. The highest BCUT2D eigenvalue weighted by Gasteiger charge is 2.17. The number of hydrogen-bond acceptors (Lipinski definition) is 5. The summed E-state index contributed by atoms with van der Waals surface area (Å²) < 4.78 is 5.58. The van der Waals surface area contributed by atoms with Crippen molar-refractivity contribution in [3.05, 3.63) is 53.6 Å². The number of benzene rings is 2. The SMILES string of the molecule is CCc1ccc2nc(-c3cccc(C)c3)nc(SCC(=O)NC[C@H]3CCCO3)c2c1. The van der Waals surface area contributed by atoms with Crippen molar-refractivity contribution in [1.29, 1.82) is 0 Å². The minimum Gasteiger partial charge on any atom is -0.376 e. The molecule has 3 aromatic rings. The lowest BCUT2D eigenvalue weighted by atomic mass is 10.1. The maximum Gasteiger partial charge on any atom is 0.230 e. The highest BCUT2D eigenvalue weighted by molar-refractivity contribution is 8.00. The van der Waals surface area contributed by atoms with Crippen molar-refractivity contribution in [1.82, 2.24) is 15.3 Å². The van der Waals surface area contributed by atoms with Gasteiger partial charge in [0.25, 0.3) is 0 Å². The lowest BCUT2D eigenvalue weighted by Crippen LogP contribution is -2.32. The van der Waals surface area contributed by atoms with Crippen LogP contribution in [0.15, 0.2) is 47.5 Å². The first-order valence-electron chi connectivity index (χ1n) is 10.5. The van der Waals surface area contributed by atoms with E-state index in [0.717, 1.165) is 47.4 Å². The molecule has 0 saturated carbocycles. The van der Waals surface area contributed by atoms with Gasteiger partial charge >= 0.3 is 0 Å². The second kappa shape index (κ2) is 9.58. The molecule has 0 spiro atoms. The monoisotopic (exact) mass is 421 g/mol. The fourth-order valence-electron chi connectivity index (χ4n) is 3.61. The first-order valence-corrected chi connectivity index (χ1v) is 11.5. The lowest BCUT2D eigenvalue weighted by Gasteiger charge is -2.12. The molecular weight excluding hydrogens is 394 g/mol. The second-order valence-corrected chi connectivity index (χ2v) is 8.62. The summed E-state index contributed by atoms with van der Waals surface area (Å²) >= 11 is 1.47. The van der Waals surface area contributed by atoms with Crippen LogP contribution in [0.4, 0.5) is 0 Å². The van der Waals surface area contributed by atoms with E-state index in [9.17, 15) is 4.79 Å². The Morgan fingerprint density at radius 3 is 2.90 bits per heavy atom. The molecular formula is C24H27N3O2S. The van der Waals surface area contributed by atoms with Crippen LogP contribution in [0.25, 0.3) is 22.3 Å². The summed E-state index contributed by atoms with van der Waals surface area (Å²) in [6.45, 7) is 5.57. The molecule has 1 saturated heterocycles. The minimum absolute atomic E-state index is 0.00557. The smallest absolute Gasteiger partial charge is 0.230 e. The number of hydrogen-bond donors (Lipinski definition) is 1. The molecule has 2 heterocycles. The number of ether oxygens (including phenoxy) is 1. The van der Waals surface area contributed by atoms with Crippen molar-refractivity contribution < 1.29 is 9.53 Å². The summed E-state index contributed by atoms with van der Waals surface area (Å²) in [5.74, 6) is 1.02. The summed E-state index contributed by atoms with van der Waals surface area (Å²) in [6.07, 6.45) is 3.19. The zero-order chi connectivity index (χ0) is 20.9. The van der Waals surface area contributed by atoms with Gasteiger partial charge in [-0.3, -0.25) is 4.79 Å². The van der Waals surface area contributed by atoms with Gasteiger partial charge in [-0.25, -0.2) is 9.97 Å². The molecule has 30 heavy (non-hydrogen) atoms. The quantitative estimate of drug-likeness (QED) is 0.448. The largest absolute Gasteiger partial charge is 0.376 e. The number of aromatic nitrogens is 2. The number of amides is 1. The predicted molar refractivity (Wildman–Crippen MR) is 122 cm³/mol. The van der Waals surface area contributed by atoms with Gasteiger partial charge in [0.05, 0.1) is 17.4 Å². The number of fused-ring (bicyclic) bond motifs is 1. The highest BCUT2D eigenvalue weighted by Crippen LogP contribution is 2.29. The van der Waals surface area contributed by atoms with Gasteiger partial charge in [0.2, 0.25) is 5.91 Å². The zero-order valence-corrected chi connectivity index (χ0v) is 18.3. The van der Waals surface area contributed by atoms with Crippen molar-refractivity contribution in [3.8, 4) is 11.4 Å². The van der Waals surface area contributed by atoms with E-state index in [1.54, 1.807) is 0 Å². The van der Waals surface area contributed by atoms with Gasteiger partial charge in [0.1, 0.15) is 5.03 Å². The standard InChI is InChI=1S/C24H27N3O2S/c1-3-17-9-10-21-20(13-17)24(27-23(26-21)18-7-4-6-16(2)12-18)30-15-22(28)25-14-19-8-5-11-29-19/h4,6-7,9-10,12-13,19H,3,5,8,11,14-15H2,1-2H3,(H,25,28)/t19-/m1/s1. The molecule has 4 rings (SSSR count). The fourth-order valence-corrected chi connectivity index (χ4v) is 4.45. The van der Waals surface area contributed by atoms with Gasteiger partial charge in [0.15, 0.2) is 5.82 Å². The molecule has 2 aromatic carbocycles. The number of thioether (sulfide) groups is 1. The van der Waals surface area contributed by atoms with Crippen molar-refractivity contribution in [2.45, 2.75) is 44.2 Å². The maximum atomic E-state index is 12.4. The van der Waals surface area contributed by atoms with E-state index in [4.69, 9.17) is 14.7 Å². The Morgan fingerprint density at radius 2 is 2.13 bits per heavy atom. The van der Waals surface area contributed by atoms with Gasteiger partial charge in [-0.1, -0.05) is 48.5 Å². The van der Waals surface area contributed by atoms with Crippen molar-refractivity contribution >= 4 is 28.6 Å². The topological polar surface area (TPSA) is 64.1 Å². The molecule has 1 aliphatic heterocycles. The third-order valence-electron chi connectivity index (χ3n) is 5.30. The van der Waals surface area contributed by atoms with E-state index in [2.05, 4.69) is 49.5 Å². The Labute approximate surface area is 181 Å². The number of aryl methyl sites for hydroxylation is 2. The van der Waals surface area contributed by atoms with Crippen molar-refractivity contribution in [2.24, 2.45) is 0 Å². The molecule has 1 atom stereocenters. The number of nitrogens with zero attached hydrogens (tertiary/aromatic N) is 2. The van der Waals surface area contributed by atoms with E-state index in [0.29, 0.717) is 18.1 Å². The average Bonchev–Trinajstić information content (AvgIpc) is 3.29. The molecule has 1 amide bonds. The molecule has 1 N–H and O–H groups in total. The predicted octanol–water partition coefficient (Wildman–Crippen LogP) is 4.55. The Bertz CT molecular complexity index is 1050. The van der Waals surface area contributed by atoms with Crippen LogP contribution in [-0.2, 0) is 16.0 Å². The number of rotatable bonds is 7. The van der Waals surface area contributed by atoms with E-state index < -0.39 is 0 Å². The molecule has 0 radical (unpaired) electrons. The molecule has 0 bridgehead atoms. The Balaban J connectivity index is 1.58. The minimum atomic E-state index is 0.00557. The van der Waals surface area contributed by atoms with Crippen LogP contribution < -0.4 is 5.32 Å². The van der Waals surface area contributed by atoms with Crippen molar-refractivity contribution in [3.63, 3.8) is 0 Å². The third kappa shape index (κ3) is 4.99. The molecule has 5 nitrogen and oxygen atoms in total. The maximum absolute atomic E-state index is 12.4.